The number of fused-ring (bicyclic) bond motifs is 2. The van der Waals surface area contributed by atoms with Crippen LogP contribution in [0.5, 0.6) is 0 Å². The molecule has 0 bridgehead atoms. The van der Waals surface area contributed by atoms with E-state index in [1.54, 1.807) is 5.57 Å². The number of anilines is 1. The summed E-state index contributed by atoms with van der Waals surface area (Å²) >= 11 is 0. The molecule has 2 N–H and O–H groups in total. The number of hydrogen-bond acceptors (Lipinski definition) is 2. The van der Waals surface area contributed by atoms with E-state index in [-0.39, 0.29) is 24.8 Å². The first kappa shape index (κ1) is 24.9. The molecule has 5 rings (SSSR count). The van der Waals surface area contributed by atoms with E-state index < -0.39 is 0 Å². The van der Waals surface area contributed by atoms with Gasteiger partial charge in [0.15, 0.2) is 0 Å². The maximum absolute atomic E-state index is 6.06. The van der Waals surface area contributed by atoms with Crippen LogP contribution in [-0.4, -0.2) is 24.5 Å². The molecule has 0 aromatic heterocycles. The fourth-order valence-corrected chi connectivity index (χ4v) is 4.69. The van der Waals surface area contributed by atoms with Crippen molar-refractivity contribution in [1.29, 1.82) is 0 Å². The highest BCUT2D eigenvalue weighted by Gasteiger charge is 2.22. The molecular weight excluding hydrogens is 447 g/mol. The smallest absolute Gasteiger partial charge is 0.0387 e. The monoisotopic (exact) mass is 476 g/mol. The van der Waals surface area contributed by atoms with Crippen LogP contribution in [0, 0.1) is 0 Å². The molecule has 0 saturated carbocycles. The van der Waals surface area contributed by atoms with E-state index in [9.17, 15) is 0 Å². The highest BCUT2D eigenvalue weighted by molar-refractivity contribution is 5.95. The molecule has 2 nitrogen and oxygen atoms in total. The number of hydrogen-bond donors (Lipinski definition) is 1. The summed E-state index contributed by atoms with van der Waals surface area (Å²) in [7, 11) is 0. The minimum absolute atomic E-state index is 0. The van der Waals surface area contributed by atoms with Crippen LogP contribution in [0.2, 0.25) is 0 Å². The van der Waals surface area contributed by atoms with Gasteiger partial charge in [0.25, 0.3) is 0 Å². The number of halogens is 2. The first-order valence-corrected chi connectivity index (χ1v) is 11.1. The van der Waals surface area contributed by atoms with E-state index in [4.69, 9.17) is 5.73 Å². The van der Waals surface area contributed by atoms with Gasteiger partial charge < -0.3 is 5.73 Å². The van der Waals surface area contributed by atoms with Crippen LogP contribution in [0.25, 0.3) is 23.8 Å². The number of rotatable bonds is 3. The van der Waals surface area contributed by atoms with Gasteiger partial charge in [0.1, 0.15) is 0 Å². The van der Waals surface area contributed by atoms with Crippen molar-refractivity contribution >= 4 is 54.3 Å². The lowest BCUT2D eigenvalue weighted by molar-refractivity contribution is 0.284. The lowest BCUT2D eigenvalue weighted by Gasteiger charge is -2.29. The van der Waals surface area contributed by atoms with Crippen molar-refractivity contribution in [2.24, 2.45) is 0 Å². The third-order valence-electron chi connectivity index (χ3n) is 6.37. The molecule has 1 heterocycles. The summed E-state index contributed by atoms with van der Waals surface area (Å²) in [6.45, 7) is 3.14. The maximum atomic E-state index is 6.06. The first-order valence-electron chi connectivity index (χ1n) is 11.1. The van der Waals surface area contributed by atoms with Gasteiger partial charge >= 0.3 is 0 Å². The van der Waals surface area contributed by atoms with Crippen LogP contribution in [0.15, 0.2) is 84.4 Å². The van der Waals surface area contributed by atoms with Crippen molar-refractivity contribution in [1.82, 2.24) is 4.90 Å². The Morgan fingerprint density at radius 3 is 1.88 bits per heavy atom. The van der Waals surface area contributed by atoms with E-state index in [2.05, 4.69) is 83.8 Å². The number of nitrogens with zero attached hydrogens (tertiary/aromatic N) is 1. The molecule has 0 unspecified atom stereocenters. The standard InChI is InChI=1S/C29H28N2.2ClH/c30-28-14-6-3-10-24(28)11-7-19-31-20-17-25(18-21-31)29-26-12-4-1-8-22(26)15-16-23-9-2-5-13-27(23)29;;/h1-16H,17-21,30H2;2*1H. The summed E-state index contributed by atoms with van der Waals surface area (Å²) in [5.41, 5.74) is 16.4. The molecule has 3 aromatic rings. The highest BCUT2D eigenvalue weighted by Crippen LogP contribution is 2.38. The fourth-order valence-electron chi connectivity index (χ4n) is 4.69. The molecular formula is C29H30Cl2N2. The molecule has 0 atom stereocenters. The van der Waals surface area contributed by atoms with Crippen molar-refractivity contribution in [2.75, 3.05) is 25.4 Å². The fraction of sp³-hybridized carbons (Fsp3) is 0.172. The van der Waals surface area contributed by atoms with E-state index in [1.807, 2.05) is 18.2 Å². The molecule has 1 aliphatic carbocycles. The lowest BCUT2D eigenvalue weighted by Crippen LogP contribution is -2.31. The minimum Gasteiger partial charge on any atom is -0.398 e. The summed E-state index contributed by atoms with van der Waals surface area (Å²) in [5, 5.41) is 0. The predicted octanol–water partition coefficient (Wildman–Crippen LogP) is 7.21. The van der Waals surface area contributed by atoms with E-state index in [0.29, 0.717) is 0 Å². The Labute approximate surface area is 209 Å². The summed E-state index contributed by atoms with van der Waals surface area (Å²) in [6.07, 6.45) is 11.1. The molecule has 33 heavy (non-hydrogen) atoms. The Balaban J connectivity index is 0.00000153. The second kappa shape index (κ2) is 11.4. The summed E-state index contributed by atoms with van der Waals surface area (Å²) in [5.74, 6) is 0. The quantitative estimate of drug-likeness (QED) is 0.316. The van der Waals surface area contributed by atoms with Crippen molar-refractivity contribution in [3.8, 4) is 0 Å². The summed E-state index contributed by atoms with van der Waals surface area (Å²) in [4.78, 5) is 2.53. The topological polar surface area (TPSA) is 29.3 Å². The maximum Gasteiger partial charge on any atom is 0.0387 e. The lowest BCUT2D eigenvalue weighted by atomic mass is 9.86. The molecule has 0 radical (unpaired) electrons. The van der Waals surface area contributed by atoms with Crippen LogP contribution in [0.3, 0.4) is 0 Å². The Bertz CT molecular complexity index is 1130. The number of likely N-dealkylation sites (tertiary alicyclic amines) is 1. The molecule has 2 aliphatic rings. The largest absolute Gasteiger partial charge is 0.398 e. The molecule has 0 amide bonds. The molecule has 3 aromatic carbocycles. The van der Waals surface area contributed by atoms with Gasteiger partial charge in [-0.25, -0.2) is 0 Å². The zero-order chi connectivity index (χ0) is 21.0. The predicted molar refractivity (Wildman–Crippen MR) is 148 cm³/mol. The van der Waals surface area contributed by atoms with Crippen molar-refractivity contribution in [2.45, 2.75) is 12.8 Å². The van der Waals surface area contributed by atoms with Gasteiger partial charge in [-0.05, 0) is 52.3 Å². The van der Waals surface area contributed by atoms with Gasteiger partial charge in [0.05, 0.1) is 0 Å². The zero-order valence-corrected chi connectivity index (χ0v) is 20.2. The summed E-state index contributed by atoms with van der Waals surface area (Å²) < 4.78 is 0. The van der Waals surface area contributed by atoms with Gasteiger partial charge in [0, 0.05) is 25.3 Å². The molecule has 0 spiro atoms. The number of para-hydroxylation sites is 1. The molecule has 170 valence electrons. The van der Waals surface area contributed by atoms with Crippen LogP contribution in [0.1, 0.15) is 40.7 Å². The van der Waals surface area contributed by atoms with Crippen LogP contribution in [0.4, 0.5) is 5.69 Å². The SMILES string of the molecule is Cl.Cl.Nc1ccccc1C=CCN1CCC(=C2c3ccccc3C=Cc3ccccc32)CC1. The van der Waals surface area contributed by atoms with E-state index in [0.717, 1.165) is 43.7 Å². The normalized spacial score (nSPS) is 15.3. The van der Waals surface area contributed by atoms with E-state index >= 15 is 0 Å². The van der Waals surface area contributed by atoms with Gasteiger partial charge in [-0.3, -0.25) is 4.90 Å². The third kappa shape index (κ3) is 5.42. The van der Waals surface area contributed by atoms with Crippen LogP contribution >= 0.6 is 24.8 Å². The average Bonchev–Trinajstić information content (AvgIpc) is 2.98. The third-order valence-corrected chi connectivity index (χ3v) is 6.37. The Hall–Kier alpha value is -2.78. The molecule has 1 saturated heterocycles. The summed E-state index contributed by atoms with van der Waals surface area (Å²) in [6, 6.07) is 25.7. The highest BCUT2D eigenvalue weighted by atomic mass is 35.5. The second-order valence-electron chi connectivity index (χ2n) is 8.32. The Morgan fingerprint density at radius 1 is 0.727 bits per heavy atom. The van der Waals surface area contributed by atoms with Gasteiger partial charge in [-0.1, -0.05) is 96.6 Å². The van der Waals surface area contributed by atoms with Crippen molar-refractivity contribution in [3.05, 3.63) is 112 Å². The van der Waals surface area contributed by atoms with Crippen LogP contribution < -0.4 is 5.73 Å². The molecule has 1 aliphatic heterocycles. The number of nitrogen functional groups attached to an aromatic ring is 1. The minimum atomic E-state index is 0. The van der Waals surface area contributed by atoms with Gasteiger partial charge in [0.2, 0.25) is 0 Å². The molecule has 4 heteroatoms. The Morgan fingerprint density at radius 2 is 1.27 bits per heavy atom. The van der Waals surface area contributed by atoms with Crippen LogP contribution in [-0.2, 0) is 0 Å². The Kier molecular flexibility index (Phi) is 8.57. The number of piperidine rings is 1. The first-order chi connectivity index (χ1) is 15.3. The van der Waals surface area contributed by atoms with Gasteiger partial charge in [-0.2, -0.15) is 0 Å². The van der Waals surface area contributed by atoms with Gasteiger partial charge in [-0.15, -0.1) is 24.8 Å². The van der Waals surface area contributed by atoms with E-state index in [1.165, 1.54) is 27.8 Å². The number of nitrogens with two attached hydrogens (primary N) is 1. The average molecular weight is 477 g/mol. The second-order valence-corrected chi connectivity index (χ2v) is 8.32. The van der Waals surface area contributed by atoms with Crippen molar-refractivity contribution < 1.29 is 0 Å². The molecule has 1 fully saturated rings. The number of benzene rings is 3. The zero-order valence-electron chi connectivity index (χ0n) is 18.6. The van der Waals surface area contributed by atoms with Crippen molar-refractivity contribution in [3.63, 3.8) is 0 Å².